The van der Waals surface area contributed by atoms with Gasteiger partial charge in [0.15, 0.2) is 0 Å². The Morgan fingerprint density at radius 1 is 1.07 bits per heavy atom. The predicted octanol–water partition coefficient (Wildman–Crippen LogP) is 2.34. The number of rotatable bonds is 6. The summed E-state index contributed by atoms with van der Waals surface area (Å²) in [6.07, 6.45) is 5.47. The summed E-state index contributed by atoms with van der Waals surface area (Å²) in [6, 6.07) is 9.52. The van der Waals surface area contributed by atoms with Crippen LogP contribution in [-0.4, -0.2) is 41.3 Å². The molecule has 1 aromatic carbocycles. The number of hydrogen-bond acceptors (Lipinski definition) is 4. The van der Waals surface area contributed by atoms with E-state index in [2.05, 4.69) is 5.32 Å². The summed E-state index contributed by atoms with van der Waals surface area (Å²) < 4.78 is 5.64. The maximum atomic E-state index is 12.8. The molecule has 2 atom stereocenters. The Hall–Kier alpha value is -2.37. The van der Waals surface area contributed by atoms with Gasteiger partial charge in [-0.05, 0) is 25.7 Å². The standard InChI is InChI=1S/C21H26N2O4/c24-18-12-15(13-23(18)17-8-4-5-9-17)21(26)27-19(14-6-2-1-3-7-14)20(25)22-16-10-11-16/h1-3,6-7,15-17,19H,4-5,8-13H2,(H,22,25)/t15-,19-/m0/s1. The fraction of sp³-hybridized carbons (Fsp3) is 0.571. The van der Waals surface area contributed by atoms with E-state index in [1.807, 2.05) is 23.1 Å². The van der Waals surface area contributed by atoms with Gasteiger partial charge < -0.3 is 15.0 Å². The van der Waals surface area contributed by atoms with Crippen LogP contribution in [0.15, 0.2) is 30.3 Å². The Morgan fingerprint density at radius 3 is 2.44 bits per heavy atom. The SMILES string of the molecule is O=C(O[C@H](C(=O)NC1CC1)c1ccccc1)[C@H]1CC(=O)N(C2CCCC2)C1. The summed E-state index contributed by atoms with van der Waals surface area (Å²) in [5, 5.41) is 2.92. The Morgan fingerprint density at radius 2 is 1.78 bits per heavy atom. The largest absolute Gasteiger partial charge is 0.447 e. The number of amides is 2. The third-order valence-electron chi connectivity index (χ3n) is 5.76. The van der Waals surface area contributed by atoms with Gasteiger partial charge in [-0.1, -0.05) is 43.2 Å². The lowest BCUT2D eigenvalue weighted by molar-refractivity contribution is -0.160. The van der Waals surface area contributed by atoms with Crippen molar-refractivity contribution in [1.29, 1.82) is 0 Å². The Kier molecular flexibility index (Phi) is 5.14. The fourth-order valence-corrected chi connectivity index (χ4v) is 4.08. The summed E-state index contributed by atoms with van der Waals surface area (Å²) >= 11 is 0. The van der Waals surface area contributed by atoms with Crippen LogP contribution in [0.1, 0.15) is 56.6 Å². The second-order valence-corrected chi connectivity index (χ2v) is 7.90. The molecule has 1 heterocycles. The molecule has 6 heteroatoms. The molecule has 0 radical (unpaired) electrons. The van der Waals surface area contributed by atoms with Crippen LogP contribution in [-0.2, 0) is 19.1 Å². The van der Waals surface area contributed by atoms with Gasteiger partial charge in [0.25, 0.3) is 5.91 Å². The fourth-order valence-electron chi connectivity index (χ4n) is 4.08. The minimum Gasteiger partial charge on any atom is -0.447 e. The van der Waals surface area contributed by atoms with Crippen molar-refractivity contribution in [2.45, 2.75) is 63.1 Å². The van der Waals surface area contributed by atoms with Crippen molar-refractivity contribution in [2.75, 3.05) is 6.54 Å². The molecule has 4 rings (SSSR count). The van der Waals surface area contributed by atoms with Crippen LogP contribution in [0, 0.1) is 5.92 Å². The number of ether oxygens (including phenoxy) is 1. The first-order valence-electron chi connectivity index (χ1n) is 9.97. The first-order valence-corrected chi connectivity index (χ1v) is 9.97. The number of hydrogen-bond donors (Lipinski definition) is 1. The summed E-state index contributed by atoms with van der Waals surface area (Å²) in [4.78, 5) is 39.6. The van der Waals surface area contributed by atoms with Gasteiger partial charge in [0.1, 0.15) is 0 Å². The van der Waals surface area contributed by atoms with Gasteiger partial charge in [-0.2, -0.15) is 0 Å². The molecule has 27 heavy (non-hydrogen) atoms. The highest BCUT2D eigenvalue weighted by atomic mass is 16.5. The lowest BCUT2D eigenvalue weighted by Gasteiger charge is -2.24. The lowest BCUT2D eigenvalue weighted by Crippen LogP contribution is -2.36. The normalized spacial score (nSPS) is 24.1. The van der Waals surface area contributed by atoms with Gasteiger partial charge in [0.2, 0.25) is 12.0 Å². The number of benzene rings is 1. The van der Waals surface area contributed by atoms with Crippen LogP contribution in [0.2, 0.25) is 0 Å². The molecule has 0 unspecified atom stereocenters. The molecule has 1 saturated heterocycles. The van der Waals surface area contributed by atoms with Crippen LogP contribution in [0.5, 0.6) is 0 Å². The van der Waals surface area contributed by atoms with E-state index in [9.17, 15) is 14.4 Å². The van der Waals surface area contributed by atoms with E-state index in [1.54, 1.807) is 12.1 Å². The second-order valence-electron chi connectivity index (χ2n) is 7.90. The summed E-state index contributed by atoms with van der Waals surface area (Å²) in [6.45, 7) is 0.411. The second kappa shape index (κ2) is 7.71. The molecule has 1 aromatic rings. The minimum absolute atomic E-state index is 0.0301. The van der Waals surface area contributed by atoms with Crippen molar-refractivity contribution in [3.63, 3.8) is 0 Å². The maximum absolute atomic E-state index is 12.8. The van der Waals surface area contributed by atoms with Crippen LogP contribution in [0.25, 0.3) is 0 Å². The zero-order valence-corrected chi connectivity index (χ0v) is 15.4. The molecule has 6 nitrogen and oxygen atoms in total. The molecule has 1 N–H and O–H groups in total. The molecule has 0 spiro atoms. The number of carbonyl (C=O) groups is 3. The number of nitrogens with one attached hydrogen (secondary N) is 1. The maximum Gasteiger partial charge on any atom is 0.312 e. The van der Waals surface area contributed by atoms with E-state index < -0.39 is 18.0 Å². The smallest absolute Gasteiger partial charge is 0.312 e. The zero-order valence-electron chi connectivity index (χ0n) is 15.4. The van der Waals surface area contributed by atoms with Crippen molar-refractivity contribution < 1.29 is 19.1 Å². The Bertz CT molecular complexity index is 710. The van der Waals surface area contributed by atoms with E-state index in [0.29, 0.717) is 12.1 Å². The third-order valence-corrected chi connectivity index (χ3v) is 5.76. The van der Waals surface area contributed by atoms with Crippen LogP contribution < -0.4 is 5.32 Å². The molecule has 1 aliphatic heterocycles. The molecule has 0 aromatic heterocycles. The quantitative estimate of drug-likeness (QED) is 0.780. The molecular formula is C21H26N2O4. The highest BCUT2D eigenvalue weighted by molar-refractivity contribution is 5.89. The zero-order chi connectivity index (χ0) is 18.8. The van der Waals surface area contributed by atoms with E-state index in [-0.39, 0.29) is 30.3 Å². The Labute approximate surface area is 159 Å². The van der Waals surface area contributed by atoms with Gasteiger partial charge in [0.05, 0.1) is 5.92 Å². The molecular weight excluding hydrogens is 344 g/mol. The number of esters is 1. The van der Waals surface area contributed by atoms with Gasteiger partial charge in [-0.25, -0.2) is 0 Å². The van der Waals surface area contributed by atoms with Crippen molar-refractivity contribution in [2.24, 2.45) is 5.92 Å². The summed E-state index contributed by atoms with van der Waals surface area (Å²) in [5.74, 6) is -1.20. The van der Waals surface area contributed by atoms with E-state index in [0.717, 1.165) is 38.5 Å². The number of nitrogens with zero attached hydrogens (tertiary/aromatic N) is 1. The third kappa shape index (κ3) is 4.15. The molecule has 2 saturated carbocycles. The summed E-state index contributed by atoms with van der Waals surface area (Å²) in [5.41, 5.74) is 0.654. The predicted molar refractivity (Wildman–Crippen MR) is 98.5 cm³/mol. The first kappa shape index (κ1) is 18.0. The van der Waals surface area contributed by atoms with Crippen molar-refractivity contribution in [1.82, 2.24) is 10.2 Å². The van der Waals surface area contributed by atoms with E-state index >= 15 is 0 Å². The molecule has 2 amide bonds. The van der Waals surface area contributed by atoms with Crippen LogP contribution >= 0.6 is 0 Å². The lowest BCUT2D eigenvalue weighted by atomic mass is 10.1. The van der Waals surface area contributed by atoms with Crippen molar-refractivity contribution >= 4 is 17.8 Å². The van der Waals surface area contributed by atoms with Gasteiger partial charge in [-0.3, -0.25) is 14.4 Å². The van der Waals surface area contributed by atoms with Crippen molar-refractivity contribution in [3.8, 4) is 0 Å². The van der Waals surface area contributed by atoms with E-state index in [4.69, 9.17) is 4.74 Å². The molecule has 0 bridgehead atoms. The highest BCUT2D eigenvalue weighted by Gasteiger charge is 2.41. The van der Waals surface area contributed by atoms with Gasteiger partial charge in [0, 0.05) is 30.6 Å². The average Bonchev–Trinajstić information content (AvgIpc) is 3.17. The topological polar surface area (TPSA) is 75.7 Å². The van der Waals surface area contributed by atoms with Crippen molar-refractivity contribution in [3.05, 3.63) is 35.9 Å². The summed E-state index contributed by atoms with van der Waals surface area (Å²) in [7, 11) is 0. The molecule has 2 aliphatic carbocycles. The highest BCUT2D eigenvalue weighted by Crippen LogP contribution is 2.31. The monoisotopic (exact) mass is 370 g/mol. The van der Waals surface area contributed by atoms with Gasteiger partial charge in [-0.15, -0.1) is 0 Å². The average molecular weight is 370 g/mol. The van der Waals surface area contributed by atoms with E-state index in [1.165, 1.54) is 0 Å². The van der Waals surface area contributed by atoms with Crippen LogP contribution in [0.3, 0.4) is 0 Å². The van der Waals surface area contributed by atoms with Gasteiger partial charge >= 0.3 is 5.97 Å². The first-order chi connectivity index (χ1) is 13.1. The van der Waals surface area contributed by atoms with Crippen LogP contribution in [0.4, 0.5) is 0 Å². The minimum atomic E-state index is -0.963. The molecule has 3 fully saturated rings. The Balaban J connectivity index is 1.43. The number of likely N-dealkylation sites (tertiary alicyclic amines) is 1. The molecule has 3 aliphatic rings. The number of carbonyl (C=O) groups excluding carboxylic acids is 3. The molecule has 144 valence electrons.